The Morgan fingerprint density at radius 2 is 0.815 bits per heavy atom. The molecular weight excluding hydrogens is 805 g/mol. The lowest BCUT2D eigenvalue weighted by molar-refractivity contribution is -0.124. The molecule has 0 aliphatic rings. The second kappa shape index (κ2) is 48.3. The standard InChI is InChI=1S/C11H20O.C10H19NO.C10H18O.C9H17NO.C9H16O.C9H18/c1-9(2)6-5-7-11(12)8-10(3)4;1-8(2)6-5-7-11-10(12)9(3)4;1-8(2)6-5-7-10(11)9(3)4;1-7(2)5-6-9(11)10-8(3)4;1-7(2)5-6-9(10)8(3)4;1-8(2)6-5-7-9(3)4/h5-6,9-10H,7-8H2,1-4H3;5-6,8-9H,7H2,1-4H3,(H,11,12);5-6,8-9H,7H2,1-4H3;5-8H,1-4H3,(H,10,11);5-8H,1-4H3;5-6,8-9H,7H2,1-4H3/b6*6-5+. The monoisotopic (exact) mass is 913 g/mol. The third-order valence-corrected chi connectivity index (χ3v) is 7.83. The second-order valence-electron chi connectivity index (χ2n) is 20.8. The first-order chi connectivity index (χ1) is 29.8. The van der Waals surface area contributed by atoms with Gasteiger partial charge in [0.05, 0.1) is 0 Å². The van der Waals surface area contributed by atoms with Gasteiger partial charge in [-0.25, -0.2) is 0 Å². The predicted octanol–water partition coefficient (Wildman–Crippen LogP) is 15.4. The van der Waals surface area contributed by atoms with Crippen molar-refractivity contribution in [3.05, 3.63) is 72.9 Å². The minimum Gasteiger partial charge on any atom is -0.352 e. The summed E-state index contributed by atoms with van der Waals surface area (Å²) in [6.07, 6.45) is 26.9. The van der Waals surface area contributed by atoms with Crippen molar-refractivity contribution in [3.8, 4) is 0 Å². The summed E-state index contributed by atoms with van der Waals surface area (Å²) >= 11 is 0. The number of nitrogens with one attached hydrogen (secondary N) is 2. The van der Waals surface area contributed by atoms with Gasteiger partial charge in [-0.3, -0.25) is 24.0 Å². The molecule has 0 aromatic carbocycles. The van der Waals surface area contributed by atoms with Crippen molar-refractivity contribution in [3.63, 3.8) is 0 Å². The molecule has 0 fully saturated rings. The molecule has 2 amide bonds. The molecule has 0 aromatic rings. The molecule has 380 valence electrons. The van der Waals surface area contributed by atoms with Crippen LogP contribution in [0.4, 0.5) is 0 Å². The molecule has 0 saturated heterocycles. The highest BCUT2D eigenvalue weighted by Crippen LogP contribution is 2.05. The summed E-state index contributed by atoms with van der Waals surface area (Å²) in [4.78, 5) is 55.2. The number of ketones is 3. The zero-order chi connectivity index (χ0) is 52.2. The van der Waals surface area contributed by atoms with Crippen molar-refractivity contribution < 1.29 is 24.0 Å². The summed E-state index contributed by atoms with van der Waals surface area (Å²) in [5.41, 5.74) is 0. The van der Waals surface area contributed by atoms with Gasteiger partial charge in [0.25, 0.3) is 0 Å². The van der Waals surface area contributed by atoms with Gasteiger partial charge < -0.3 is 10.6 Å². The summed E-state index contributed by atoms with van der Waals surface area (Å²) in [5, 5.41) is 5.58. The number of carbonyl (C=O) groups excluding carboxylic acids is 5. The van der Waals surface area contributed by atoms with Gasteiger partial charge in [0, 0.05) is 49.6 Å². The fourth-order valence-electron chi connectivity index (χ4n) is 4.12. The van der Waals surface area contributed by atoms with E-state index in [1.54, 1.807) is 12.2 Å². The van der Waals surface area contributed by atoms with Crippen LogP contribution in [-0.4, -0.2) is 41.8 Å². The first-order valence-electron chi connectivity index (χ1n) is 25.0. The van der Waals surface area contributed by atoms with Crippen LogP contribution in [0.2, 0.25) is 0 Å². The van der Waals surface area contributed by atoms with Gasteiger partial charge >= 0.3 is 0 Å². The SMILES string of the molecule is CC(C)/C=C/C(=O)C(C)C.CC(C)/C=C/C(=O)NC(C)C.CC(C)/C=C/CC(=O)C(C)C.CC(C)/C=C/CC(=O)CC(C)C.CC(C)/C=C/CC(C)C.CC(C)/C=C/CNC(=O)C(C)C. The summed E-state index contributed by atoms with van der Waals surface area (Å²) in [7, 11) is 0. The van der Waals surface area contributed by atoms with Crippen molar-refractivity contribution in [2.24, 2.45) is 65.1 Å². The molecule has 0 rings (SSSR count). The van der Waals surface area contributed by atoms with E-state index in [-0.39, 0.29) is 41.4 Å². The normalized spacial score (nSPS) is 11.8. The Balaban J connectivity index is -0.000000161. The maximum Gasteiger partial charge on any atom is 0.243 e. The van der Waals surface area contributed by atoms with Crippen LogP contribution < -0.4 is 10.6 Å². The Morgan fingerprint density at radius 1 is 0.415 bits per heavy atom. The molecule has 0 aliphatic carbocycles. The average molecular weight is 914 g/mol. The summed E-state index contributed by atoms with van der Waals surface area (Å²) < 4.78 is 0. The van der Waals surface area contributed by atoms with E-state index in [2.05, 4.69) is 138 Å². The molecule has 0 unspecified atom stereocenters. The van der Waals surface area contributed by atoms with Gasteiger partial charge in [-0.2, -0.15) is 0 Å². The van der Waals surface area contributed by atoms with Gasteiger partial charge in [0.1, 0.15) is 11.6 Å². The van der Waals surface area contributed by atoms with Crippen LogP contribution in [-0.2, 0) is 24.0 Å². The van der Waals surface area contributed by atoms with E-state index >= 15 is 0 Å². The molecule has 2 N–H and O–H groups in total. The van der Waals surface area contributed by atoms with Gasteiger partial charge in [-0.05, 0) is 79.8 Å². The number of allylic oxidation sites excluding steroid dienone is 10. The number of Topliss-reactive ketones (excluding diaryl/α,β-unsaturated/α-hetero) is 2. The maximum absolute atomic E-state index is 11.2. The van der Waals surface area contributed by atoms with E-state index in [4.69, 9.17) is 0 Å². The lowest BCUT2D eigenvalue weighted by atomic mass is 10.0. The van der Waals surface area contributed by atoms with Crippen molar-refractivity contribution >= 4 is 29.2 Å². The van der Waals surface area contributed by atoms with Crippen LogP contribution >= 0.6 is 0 Å². The highest BCUT2D eigenvalue weighted by Gasteiger charge is 2.05. The molecule has 0 aliphatic heterocycles. The van der Waals surface area contributed by atoms with Crippen molar-refractivity contribution in [1.29, 1.82) is 0 Å². The van der Waals surface area contributed by atoms with E-state index in [1.165, 1.54) is 6.42 Å². The van der Waals surface area contributed by atoms with Crippen LogP contribution in [0.5, 0.6) is 0 Å². The van der Waals surface area contributed by atoms with Crippen LogP contribution in [0.15, 0.2) is 72.9 Å². The number of amides is 2. The Bertz CT molecular complexity index is 1350. The average Bonchev–Trinajstić information content (AvgIpc) is 3.14. The minimum absolute atomic E-state index is 0.00583. The highest BCUT2D eigenvalue weighted by atomic mass is 16.2. The number of hydrogen-bond donors (Lipinski definition) is 2. The van der Waals surface area contributed by atoms with Crippen LogP contribution in [0.3, 0.4) is 0 Å². The molecule has 0 spiro atoms. The summed E-state index contributed by atoms with van der Waals surface area (Å²) in [6.45, 7) is 49.9. The van der Waals surface area contributed by atoms with Crippen molar-refractivity contribution in [2.75, 3.05) is 6.54 Å². The van der Waals surface area contributed by atoms with E-state index in [0.29, 0.717) is 78.8 Å². The summed E-state index contributed by atoms with van der Waals surface area (Å²) in [6, 6.07) is 0.222. The minimum atomic E-state index is -0.00583. The second-order valence-corrected chi connectivity index (χ2v) is 20.8. The van der Waals surface area contributed by atoms with Crippen LogP contribution in [0.25, 0.3) is 0 Å². The largest absolute Gasteiger partial charge is 0.352 e. The van der Waals surface area contributed by atoms with Crippen LogP contribution in [0, 0.1) is 65.1 Å². The number of carbonyl (C=O) groups is 5. The molecule has 7 nitrogen and oxygen atoms in total. The highest BCUT2D eigenvalue weighted by molar-refractivity contribution is 5.91. The third-order valence-electron chi connectivity index (χ3n) is 7.83. The van der Waals surface area contributed by atoms with Crippen molar-refractivity contribution in [1.82, 2.24) is 10.6 Å². The molecular formula is C58H108N2O5. The number of rotatable bonds is 22. The zero-order valence-corrected chi connectivity index (χ0v) is 46.9. The molecule has 0 atom stereocenters. The lowest BCUT2D eigenvalue weighted by Crippen LogP contribution is -2.28. The predicted molar refractivity (Wildman–Crippen MR) is 288 cm³/mol. The molecule has 0 radical (unpaired) electrons. The Morgan fingerprint density at radius 3 is 1.17 bits per heavy atom. The fraction of sp³-hybridized carbons (Fsp3) is 0.707. The smallest absolute Gasteiger partial charge is 0.243 e. The van der Waals surface area contributed by atoms with Crippen molar-refractivity contribution in [2.45, 2.75) is 198 Å². The summed E-state index contributed by atoms with van der Waals surface area (Å²) in [5.74, 6) is 5.96. The van der Waals surface area contributed by atoms with Gasteiger partial charge in [0.2, 0.25) is 11.8 Å². The van der Waals surface area contributed by atoms with E-state index < -0.39 is 0 Å². The lowest BCUT2D eigenvalue weighted by Gasteiger charge is -2.04. The van der Waals surface area contributed by atoms with Gasteiger partial charge in [-0.1, -0.05) is 213 Å². The first kappa shape index (κ1) is 73.0. The maximum atomic E-state index is 11.2. The fourth-order valence-corrected chi connectivity index (χ4v) is 4.12. The molecule has 7 heteroatoms. The van der Waals surface area contributed by atoms with E-state index in [0.717, 1.165) is 5.92 Å². The Labute approximate surface area is 404 Å². The van der Waals surface area contributed by atoms with E-state index in [1.807, 2.05) is 99.6 Å². The zero-order valence-electron chi connectivity index (χ0n) is 46.9. The molecule has 65 heavy (non-hydrogen) atoms. The topological polar surface area (TPSA) is 109 Å². The molecule has 0 saturated carbocycles. The third kappa shape index (κ3) is 78.0. The molecule has 0 aromatic heterocycles. The van der Waals surface area contributed by atoms with E-state index in [9.17, 15) is 24.0 Å². The Kier molecular flexibility index (Phi) is 54.3. The van der Waals surface area contributed by atoms with Gasteiger partial charge in [0.15, 0.2) is 5.78 Å². The first-order valence-corrected chi connectivity index (χ1v) is 25.0. The quantitative estimate of drug-likeness (QED) is 0.0830. The Hall–Kier alpha value is -3.61. The molecule has 0 heterocycles. The van der Waals surface area contributed by atoms with Crippen LogP contribution in [0.1, 0.15) is 192 Å². The van der Waals surface area contributed by atoms with Gasteiger partial charge in [-0.15, -0.1) is 0 Å². The molecule has 0 bridgehead atoms. The number of hydrogen-bond acceptors (Lipinski definition) is 5.